The zero-order chi connectivity index (χ0) is 18.1. The first-order valence-corrected chi connectivity index (χ1v) is 7.91. The van der Waals surface area contributed by atoms with Gasteiger partial charge in [-0.1, -0.05) is 29.3 Å². The van der Waals surface area contributed by atoms with Gasteiger partial charge in [0.25, 0.3) is 0 Å². The molecule has 1 aromatic rings. The average molecular weight is 374 g/mol. The number of carbonyl (C=O) groups excluding carboxylic acids is 3. The molecule has 6 nitrogen and oxygen atoms in total. The first kappa shape index (κ1) is 20.0. The van der Waals surface area contributed by atoms with Crippen LogP contribution in [-0.4, -0.2) is 37.1 Å². The quantitative estimate of drug-likeness (QED) is 0.451. The Morgan fingerprint density at radius 2 is 1.71 bits per heavy atom. The lowest BCUT2D eigenvalue weighted by Gasteiger charge is -2.14. The number of hydrogen-bond acceptors (Lipinski definition) is 5. The average Bonchev–Trinajstić information content (AvgIpc) is 2.52. The van der Waals surface area contributed by atoms with Crippen LogP contribution >= 0.6 is 23.2 Å². The Kier molecular flexibility index (Phi) is 8.29. The van der Waals surface area contributed by atoms with Crippen molar-refractivity contribution in [1.82, 2.24) is 5.32 Å². The lowest BCUT2D eigenvalue weighted by molar-refractivity contribution is -0.159. The van der Waals surface area contributed by atoms with E-state index in [9.17, 15) is 14.4 Å². The van der Waals surface area contributed by atoms with Crippen LogP contribution in [0, 0.1) is 0 Å². The summed E-state index contributed by atoms with van der Waals surface area (Å²) in [4.78, 5) is 35.5. The SMILES string of the molecule is CCOC(=O)C(NC(=O)/C=C/c1ccc(Cl)cc1Cl)C(=O)OCC. The molecule has 0 bridgehead atoms. The molecule has 0 atom stereocenters. The zero-order valence-corrected chi connectivity index (χ0v) is 14.7. The van der Waals surface area contributed by atoms with E-state index in [1.807, 2.05) is 0 Å². The number of hydrogen-bond donors (Lipinski definition) is 1. The van der Waals surface area contributed by atoms with Crippen molar-refractivity contribution in [3.63, 3.8) is 0 Å². The summed E-state index contributed by atoms with van der Waals surface area (Å²) >= 11 is 11.8. The van der Waals surface area contributed by atoms with Crippen LogP contribution in [0.3, 0.4) is 0 Å². The molecule has 0 spiro atoms. The fraction of sp³-hybridized carbons (Fsp3) is 0.312. The number of halogens is 2. The van der Waals surface area contributed by atoms with E-state index >= 15 is 0 Å². The third-order valence-corrected chi connectivity index (χ3v) is 3.27. The van der Waals surface area contributed by atoms with Crippen LogP contribution in [0.2, 0.25) is 10.0 Å². The normalized spacial score (nSPS) is 10.7. The molecule has 0 fully saturated rings. The highest BCUT2D eigenvalue weighted by Gasteiger charge is 2.30. The van der Waals surface area contributed by atoms with Crippen molar-refractivity contribution in [3.05, 3.63) is 39.9 Å². The van der Waals surface area contributed by atoms with E-state index in [0.29, 0.717) is 15.6 Å². The molecule has 1 N–H and O–H groups in total. The van der Waals surface area contributed by atoms with Crippen LogP contribution in [0.1, 0.15) is 19.4 Å². The predicted molar refractivity (Wildman–Crippen MR) is 90.7 cm³/mol. The number of carbonyl (C=O) groups is 3. The Morgan fingerprint density at radius 3 is 2.21 bits per heavy atom. The Hall–Kier alpha value is -2.05. The highest BCUT2D eigenvalue weighted by Crippen LogP contribution is 2.21. The molecule has 24 heavy (non-hydrogen) atoms. The van der Waals surface area contributed by atoms with E-state index in [1.54, 1.807) is 26.0 Å². The molecule has 1 rings (SSSR count). The van der Waals surface area contributed by atoms with Gasteiger partial charge in [0, 0.05) is 16.1 Å². The van der Waals surface area contributed by atoms with Gasteiger partial charge in [-0.25, -0.2) is 9.59 Å². The van der Waals surface area contributed by atoms with Crippen LogP contribution in [0.5, 0.6) is 0 Å². The monoisotopic (exact) mass is 373 g/mol. The van der Waals surface area contributed by atoms with Crippen molar-refractivity contribution in [3.8, 4) is 0 Å². The summed E-state index contributed by atoms with van der Waals surface area (Å²) in [5.74, 6) is -2.45. The van der Waals surface area contributed by atoms with E-state index in [1.165, 1.54) is 12.1 Å². The third kappa shape index (κ3) is 6.22. The number of esters is 2. The minimum absolute atomic E-state index is 0.0703. The van der Waals surface area contributed by atoms with Gasteiger partial charge in [-0.2, -0.15) is 0 Å². The van der Waals surface area contributed by atoms with E-state index in [4.69, 9.17) is 32.7 Å². The minimum atomic E-state index is -1.53. The molecule has 0 saturated heterocycles. The van der Waals surface area contributed by atoms with Gasteiger partial charge in [0.15, 0.2) is 0 Å². The maximum Gasteiger partial charge on any atom is 0.340 e. The zero-order valence-electron chi connectivity index (χ0n) is 13.2. The third-order valence-electron chi connectivity index (χ3n) is 2.71. The molecule has 1 amide bonds. The van der Waals surface area contributed by atoms with E-state index in [2.05, 4.69) is 5.32 Å². The highest BCUT2D eigenvalue weighted by molar-refractivity contribution is 6.35. The number of ether oxygens (including phenoxy) is 2. The van der Waals surface area contributed by atoms with Crippen molar-refractivity contribution in [2.24, 2.45) is 0 Å². The number of benzene rings is 1. The van der Waals surface area contributed by atoms with Gasteiger partial charge >= 0.3 is 11.9 Å². The molecule has 0 aromatic heterocycles. The molecule has 0 aliphatic carbocycles. The Balaban J connectivity index is 2.81. The summed E-state index contributed by atoms with van der Waals surface area (Å²) in [5, 5.41) is 3.07. The van der Waals surface area contributed by atoms with Crippen molar-refractivity contribution in [1.29, 1.82) is 0 Å². The van der Waals surface area contributed by atoms with Crippen LogP contribution in [0.15, 0.2) is 24.3 Å². The van der Waals surface area contributed by atoms with Crippen molar-refractivity contribution in [2.75, 3.05) is 13.2 Å². The molecule has 0 radical (unpaired) electrons. The van der Waals surface area contributed by atoms with Crippen molar-refractivity contribution >= 4 is 47.1 Å². The lowest BCUT2D eigenvalue weighted by Crippen LogP contribution is -2.47. The largest absolute Gasteiger partial charge is 0.464 e. The summed E-state index contributed by atoms with van der Waals surface area (Å²) in [7, 11) is 0. The lowest BCUT2D eigenvalue weighted by atomic mass is 10.2. The topological polar surface area (TPSA) is 81.7 Å². The molecule has 0 aliphatic heterocycles. The Bertz CT molecular complexity index is 627. The second kappa shape index (κ2) is 9.95. The van der Waals surface area contributed by atoms with Crippen LogP contribution in [0.25, 0.3) is 6.08 Å². The first-order chi connectivity index (χ1) is 11.4. The summed E-state index contributed by atoms with van der Waals surface area (Å²) < 4.78 is 9.51. The van der Waals surface area contributed by atoms with Crippen molar-refractivity contribution < 1.29 is 23.9 Å². The van der Waals surface area contributed by atoms with E-state index in [-0.39, 0.29) is 13.2 Å². The summed E-state index contributed by atoms with van der Waals surface area (Å²) in [6.07, 6.45) is 2.57. The standard InChI is InChI=1S/C16H17Cl2NO5/c1-3-23-15(21)14(16(22)24-4-2)19-13(20)8-6-10-5-7-11(17)9-12(10)18/h5-9,14H,3-4H2,1-2H3,(H,19,20)/b8-6+. The Labute approximate surface area is 149 Å². The van der Waals surface area contributed by atoms with Crippen molar-refractivity contribution in [2.45, 2.75) is 19.9 Å². The van der Waals surface area contributed by atoms with Gasteiger partial charge < -0.3 is 14.8 Å². The molecular formula is C16H17Cl2NO5. The van der Waals surface area contributed by atoms with Crippen LogP contribution in [-0.2, 0) is 23.9 Å². The number of amides is 1. The molecule has 0 heterocycles. The molecule has 0 aliphatic rings. The first-order valence-electron chi connectivity index (χ1n) is 7.15. The second-order valence-electron chi connectivity index (χ2n) is 4.44. The van der Waals surface area contributed by atoms with Gasteiger partial charge in [0.05, 0.1) is 13.2 Å². The molecule has 130 valence electrons. The molecule has 8 heteroatoms. The van der Waals surface area contributed by atoms with Gasteiger partial charge in [-0.3, -0.25) is 4.79 Å². The molecular weight excluding hydrogens is 357 g/mol. The summed E-state index contributed by atoms with van der Waals surface area (Å²) in [6.45, 7) is 3.32. The van der Waals surface area contributed by atoms with Gasteiger partial charge in [-0.05, 0) is 37.6 Å². The molecule has 1 aromatic carbocycles. The number of nitrogens with one attached hydrogen (secondary N) is 1. The van der Waals surface area contributed by atoms with Gasteiger partial charge in [-0.15, -0.1) is 0 Å². The molecule has 0 saturated carbocycles. The fourth-order valence-electron chi connectivity index (χ4n) is 1.66. The predicted octanol–water partition coefficient (Wildman–Crippen LogP) is 2.62. The Morgan fingerprint density at radius 1 is 1.12 bits per heavy atom. The summed E-state index contributed by atoms with van der Waals surface area (Å²) in [5.41, 5.74) is 0.556. The maximum atomic E-state index is 11.9. The maximum absolute atomic E-state index is 11.9. The van der Waals surface area contributed by atoms with Crippen LogP contribution < -0.4 is 5.32 Å². The minimum Gasteiger partial charge on any atom is -0.464 e. The number of rotatable bonds is 7. The van der Waals surface area contributed by atoms with E-state index < -0.39 is 23.9 Å². The fourth-order valence-corrected chi connectivity index (χ4v) is 2.13. The van der Waals surface area contributed by atoms with Gasteiger partial charge in [0.2, 0.25) is 11.9 Å². The van der Waals surface area contributed by atoms with E-state index in [0.717, 1.165) is 6.08 Å². The smallest absolute Gasteiger partial charge is 0.340 e. The second-order valence-corrected chi connectivity index (χ2v) is 5.29. The van der Waals surface area contributed by atoms with Gasteiger partial charge in [0.1, 0.15) is 0 Å². The van der Waals surface area contributed by atoms with Crippen LogP contribution in [0.4, 0.5) is 0 Å². The highest BCUT2D eigenvalue weighted by atomic mass is 35.5. The summed E-state index contributed by atoms with van der Waals surface area (Å²) in [6, 6.07) is 3.25. The molecule has 0 unspecified atom stereocenters.